The predicted molar refractivity (Wildman–Crippen MR) is 61.5 cm³/mol. The molecule has 0 saturated heterocycles. The van der Waals surface area contributed by atoms with Crippen LogP contribution in [0.15, 0.2) is 22.7 Å². The lowest BCUT2D eigenvalue weighted by atomic mass is 10.2. The number of hydrogen-bond acceptors (Lipinski definition) is 3. The van der Waals surface area contributed by atoms with Gasteiger partial charge < -0.3 is 15.8 Å². The number of halogens is 1. The average Bonchev–Trinajstić information content (AvgIpc) is 2.20. The molecule has 0 aliphatic rings. The molecule has 0 heterocycles. The van der Waals surface area contributed by atoms with E-state index in [9.17, 15) is 0 Å². The molecule has 4 heteroatoms. The number of ether oxygens (including phenoxy) is 1. The van der Waals surface area contributed by atoms with Gasteiger partial charge in [-0.2, -0.15) is 0 Å². The van der Waals surface area contributed by atoms with Crippen LogP contribution in [0.4, 0.5) is 0 Å². The van der Waals surface area contributed by atoms with Crippen molar-refractivity contribution in [3.05, 3.63) is 28.2 Å². The van der Waals surface area contributed by atoms with Crippen molar-refractivity contribution >= 4 is 15.9 Å². The van der Waals surface area contributed by atoms with Gasteiger partial charge in [0.15, 0.2) is 0 Å². The Balaban J connectivity index is 2.65. The zero-order chi connectivity index (χ0) is 10.4. The third-order valence-corrected chi connectivity index (χ3v) is 2.38. The van der Waals surface area contributed by atoms with Crippen LogP contribution < -0.4 is 15.8 Å². The topological polar surface area (TPSA) is 47.3 Å². The average molecular weight is 259 g/mol. The lowest BCUT2D eigenvalue weighted by molar-refractivity contribution is 0.407. The van der Waals surface area contributed by atoms with Crippen LogP contribution in [0.2, 0.25) is 0 Å². The van der Waals surface area contributed by atoms with Gasteiger partial charge in [0, 0.05) is 29.7 Å². The Hall–Kier alpha value is -0.580. The third kappa shape index (κ3) is 3.29. The molecule has 0 spiro atoms. The maximum atomic E-state index is 5.39. The van der Waals surface area contributed by atoms with Crippen molar-refractivity contribution in [3.63, 3.8) is 0 Å². The first-order chi connectivity index (χ1) is 6.77. The molecule has 0 bridgehead atoms. The van der Waals surface area contributed by atoms with Crippen LogP contribution >= 0.6 is 15.9 Å². The quantitative estimate of drug-likeness (QED) is 0.788. The fraction of sp³-hybridized carbons (Fsp3) is 0.400. The van der Waals surface area contributed by atoms with E-state index < -0.39 is 0 Å². The zero-order valence-electron chi connectivity index (χ0n) is 8.22. The van der Waals surface area contributed by atoms with Crippen molar-refractivity contribution in [1.29, 1.82) is 0 Å². The highest BCUT2D eigenvalue weighted by molar-refractivity contribution is 9.10. The molecule has 14 heavy (non-hydrogen) atoms. The second-order valence-electron chi connectivity index (χ2n) is 2.92. The summed E-state index contributed by atoms with van der Waals surface area (Å²) in [5, 5.41) is 3.23. The number of methoxy groups -OCH3 is 1. The van der Waals surface area contributed by atoms with Gasteiger partial charge in [-0.05, 0) is 12.1 Å². The standard InChI is InChI=1S/C10H15BrN2O/c1-14-10-6-9(11)3-2-8(10)7-13-5-4-12/h2-3,6,13H,4-5,7,12H2,1H3. The number of hydrogen-bond donors (Lipinski definition) is 2. The SMILES string of the molecule is COc1cc(Br)ccc1CNCCN. The molecule has 3 nitrogen and oxygen atoms in total. The van der Waals surface area contributed by atoms with Gasteiger partial charge in [0.2, 0.25) is 0 Å². The van der Waals surface area contributed by atoms with Crippen molar-refractivity contribution in [2.75, 3.05) is 20.2 Å². The Labute approximate surface area is 92.8 Å². The maximum Gasteiger partial charge on any atom is 0.124 e. The van der Waals surface area contributed by atoms with Crippen LogP contribution in [0.3, 0.4) is 0 Å². The van der Waals surface area contributed by atoms with E-state index in [-0.39, 0.29) is 0 Å². The zero-order valence-corrected chi connectivity index (χ0v) is 9.80. The smallest absolute Gasteiger partial charge is 0.124 e. The summed E-state index contributed by atoms with van der Waals surface area (Å²) < 4.78 is 6.28. The molecule has 78 valence electrons. The van der Waals surface area contributed by atoms with Crippen LogP contribution in [0.25, 0.3) is 0 Å². The van der Waals surface area contributed by atoms with Gasteiger partial charge in [-0.25, -0.2) is 0 Å². The minimum absolute atomic E-state index is 0.652. The molecular formula is C10H15BrN2O. The lowest BCUT2D eigenvalue weighted by Gasteiger charge is -2.09. The molecule has 0 saturated carbocycles. The fourth-order valence-corrected chi connectivity index (χ4v) is 1.53. The maximum absolute atomic E-state index is 5.39. The summed E-state index contributed by atoms with van der Waals surface area (Å²) in [6.45, 7) is 2.26. The Bertz CT molecular complexity index is 291. The summed E-state index contributed by atoms with van der Waals surface area (Å²) in [5.41, 5.74) is 6.53. The summed E-state index contributed by atoms with van der Waals surface area (Å²) in [7, 11) is 1.67. The summed E-state index contributed by atoms with van der Waals surface area (Å²) in [6.07, 6.45) is 0. The largest absolute Gasteiger partial charge is 0.496 e. The number of nitrogens with two attached hydrogens (primary N) is 1. The van der Waals surface area contributed by atoms with Gasteiger partial charge in [-0.1, -0.05) is 22.0 Å². The summed E-state index contributed by atoms with van der Waals surface area (Å²) in [6, 6.07) is 5.99. The molecule has 0 radical (unpaired) electrons. The van der Waals surface area contributed by atoms with Gasteiger partial charge >= 0.3 is 0 Å². The highest BCUT2D eigenvalue weighted by Gasteiger charge is 2.02. The van der Waals surface area contributed by atoms with Crippen LogP contribution in [0, 0.1) is 0 Å². The highest BCUT2D eigenvalue weighted by Crippen LogP contribution is 2.23. The van der Waals surface area contributed by atoms with Gasteiger partial charge in [0.05, 0.1) is 7.11 Å². The second-order valence-corrected chi connectivity index (χ2v) is 3.84. The van der Waals surface area contributed by atoms with Crippen LogP contribution in [-0.2, 0) is 6.54 Å². The van der Waals surface area contributed by atoms with Crippen molar-refractivity contribution in [1.82, 2.24) is 5.32 Å². The number of rotatable bonds is 5. The highest BCUT2D eigenvalue weighted by atomic mass is 79.9. The van der Waals surface area contributed by atoms with E-state index in [4.69, 9.17) is 10.5 Å². The van der Waals surface area contributed by atoms with E-state index in [2.05, 4.69) is 21.2 Å². The van der Waals surface area contributed by atoms with Crippen LogP contribution in [0.1, 0.15) is 5.56 Å². The first kappa shape index (κ1) is 11.5. The molecule has 0 atom stereocenters. The molecule has 1 rings (SSSR count). The van der Waals surface area contributed by atoms with Gasteiger partial charge in [0.25, 0.3) is 0 Å². The fourth-order valence-electron chi connectivity index (χ4n) is 1.19. The number of nitrogens with one attached hydrogen (secondary N) is 1. The normalized spacial score (nSPS) is 10.2. The predicted octanol–water partition coefficient (Wildman–Crippen LogP) is 1.51. The van der Waals surface area contributed by atoms with E-state index >= 15 is 0 Å². The molecular weight excluding hydrogens is 244 g/mol. The van der Waals surface area contributed by atoms with Crippen molar-refractivity contribution in [3.8, 4) is 5.75 Å². The minimum Gasteiger partial charge on any atom is -0.496 e. The van der Waals surface area contributed by atoms with Crippen molar-refractivity contribution in [2.45, 2.75) is 6.54 Å². The minimum atomic E-state index is 0.652. The third-order valence-electron chi connectivity index (χ3n) is 1.89. The molecule has 0 aromatic heterocycles. The van der Waals surface area contributed by atoms with Gasteiger partial charge in [0.1, 0.15) is 5.75 Å². The van der Waals surface area contributed by atoms with E-state index in [0.29, 0.717) is 6.54 Å². The summed E-state index contributed by atoms with van der Waals surface area (Å²) in [5.74, 6) is 0.892. The van der Waals surface area contributed by atoms with E-state index in [1.165, 1.54) is 0 Å². The molecule has 3 N–H and O–H groups in total. The lowest BCUT2D eigenvalue weighted by Crippen LogP contribution is -2.22. The Morgan fingerprint density at radius 1 is 1.50 bits per heavy atom. The van der Waals surface area contributed by atoms with Crippen molar-refractivity contribution < 1.29 is 4.74 Å². The van der Waals surface area contributed by atoms with Gasteiger partial charge in [-0.3, -0.25) is 0 Å². The first-order valence-electron chi connectivity index (χ1n) is 4.51. The molecule has 0 fully saturated rings. The molecule has 1 aromatic rings. The molecule has 0 unspecified atom stereocenters. The second kappa shape index (κ2) is 6.01. The van der Waals surface area contributed by atoms with E-state index in [0.717, 1.165) is 28.9 Å². The Kier molecular flexibility index (Phi) is 4.93. The van der Waals surface area contributed by atoms with Crippen LogP contribution in [-0.4, -0.2) is 20.2 Å². The molecule has 0 aliphatic carbocycles. The number of benzene rings is 1. The Morgan fingerprint density at radius 3 is 2.93 bits per heavy atom. The van der Waals surface area contributed by atoms with Crippen LogP contribution in [0.5, 0.6) is 5.75 Å². The van der Waals surface area contributed by atoms with E-state index in [1.54, 1.807) is 7.11 Å². The summed E-state index contributed by atoms with van der Waals surface area (Å²) >= 11 is 3.40. The molecule has 0 amide bonds. The van der Waals surface area contributed by atoms with Crippen molar-refractivity contribution in [2.24, 2.45) is 5.73 Å². The van der Waals surface area contributed by atoms with E-state index in [1.807, 2.05) is 18.2 Å². The summed E-state index contributed by atoms with van der Waals surface area (Å²) in [4.78, 5) is 0. The monoisotopic (exact) mass is 258 g/mol. The Morgan fingerprint density at radius 2 is 2.29 bits per heavy atom. The first-order valence-corrected chi connectivity index (χ1v) is 5.30. The van der Waals surface area contributed by atoms with Gasteiger partial charge in [-0.15, -0.1) is 0 Å². The molecule has 1 aromatic carbocycles. The molecule has 0 aliphatic heterocycles.